The monoisotopic (exact) mass is 488 g/mol. The molecule has 0 saturated heterocycles. The van der Waals surface area contributed by atoms with E-state index >= 15 is 0 Å². The lowest BCUT2D eigenvalue weighted by Crippen LogP contribution is -2.41. The van der Waals surface area contributed by atoms with E-state index in [1.807, 2.05) is 19.2 Å². The lowest BCUT2D eigenvalue weighted by molar-refractivity contribution is 0.572. The summed E-state index contributed by atoms with van der Waals surface area (Å²) < 4.78 is 5.64. The minimum absolute atomic E-state index is 0. The number of anilines is 1. The van der Waals surface area contributed by atoms with Crippen LogP contribution in [0.25, 0.3) is 11.5 Å². The molecule has 4 rings (SSSR count). The number of oxazole rings is 1. The molecule has 2 aromatic carbocycles. The van der Waals surface area contributed by atoms with Crippen molar-refractivity contribution >= 4 is 35.6 Å². The molecule has 0 radical (unpaired) electrons. The summed E-state index contributed by atoms with van der Waals surface area (Å²) in [6.07, 6.45) is 3.58. The van der Waals surface area contributed by atoms with Crippen molar-refractivity contribution in [2.75, 3.05) is 25.0 Å². The number of aryl methyl sites for hydroxylation is 1. The van der Waals surface area contributed by atoms with E-state index in [0.29, 0.717) is 5.89 Å². The Labute approximate surface area is 182 Å². The minimum Gasteiger partial charge on any atom is -0.444 e. The Morgan fingerprint density at radius 2 is 1.96 bits per heavy atom. The number of benzene rings is 2. The van der Waals surface area contributed by atoms with E-state index in [0.717, 1.165) is 43.1 Å². The van der Waals surface area contributed by atoms with Gasteiger partial charge in [0.15, 0.2) is 5.96 Å². The Balaban J connectivity index is 0.00000225. The summed E-state index contributed by atoms with van der Waals surface area (Å²) >= 11 is 0. The maximum atomic E-state index is 5.64. The summed E-state index contributed by atoms with van der Waals surface area (Å²) in [5.41, 5.74) is 5.79. The number of guanidine groups is 1. The molecule has 1 N–H and O–H groups in total. The number of aliphatic imine (C=N–C) groups is 1. The molecule has 0 aliphatic carbocycles. The van der Waals surface area contributed by atoms with E-state index in [9.17, 15) is 0 Å². The third-order valence-corrected chi connectivity index (χ3v) is 4.87. The van der Waals surface area contributed by atoms with Gasteiger partial charge in [-0.05, 0) is 37.1 Å². The van der Waals surface area contributed by atoms with E-state index in [1.54, 1.807) is 6.26 Å². The summed E-state index contributed by atoms with van der Waals surface area (Å²) in [6, 6.07) is 16.7. The van der Waals surface area contributed by atoms with E-state index in [1.165, 1.54) is 16.8 Å². The van der Waals surface area contributed by atoms with Crippen LogP contribution in [0.4, 0.5) is 5.69 Å². The molecular formula is C22H25IN4O. The number of rotatable bonds is 4. The fourth-order valence-corrected chi connectivity index (χ4v) is 3.41. The molecule has 2 heterocycles. The number of aromatic nitrogens is 1. The smallest absolute Gasteiger partial charge is 0.226 e. The van der Waals surface area contributed by atoms with Crippen molar-refractivity contribution in [2.24, 2.45) is 4.99 Å². The molecule has 0 bridgehead atoms. The second kappa shape index (κ2) is 9.23. The largest absolute Gasteiger partial charge is 0.444 e. The number of halogens is 1. The number of nitrogens with zero attached hydrogens (tertiary/aromatic N) is 3. The number of para-hydroxylation sites is 1. The number of hydrogen-bond acceptors (Lipinski definition) is 3. The van der Waals surface area contributed by atoms with Crippen LogP contribution in [0.2, 0.25) is 0 Å². The Morgan fingerprint density at radius 1 is 1.18 bits per heavy atom. The highest BCUT2D eigenvalue weighted by Gasteiger charge is 2.22. The summed E-state index contributed by atoms with van der Waals surface area (Å²) in [5.74, 6) is 1.57. The van der Waals surface area contributed by atoms with Gasteiger partial charge in [-0.2, -0.15) is 0 Å². The first-order valence-electron chi connectivity index (χ1n) is 9.32. The molecule has 1 aliphatic rings. The molecule has 0 saturated carbocycles. The molecule has 1 aliphatic heterocycles. The molecule has 0 atom stereocenters. The van der Waals surface area contributed by atoms with Crippen molar-refractivity contribution in [1.82, 2.24) is 10.3 Å². The maximum Gasteiger partial charge on any atom is 0.226 e. The molecule has 0 amide bonds. The summed E-state index contributed by atoms with van der Waals surface area (Å²) in [6.45, 7) is 3.79. The predicted octanol–water partition coefficient (Wildman–Crippen LogP) is 4.45. The van der Waals surface area contributed by atoms with Crippen LogP contribution < -0.4 is 10.2 Å². The highest BCUT2D eigenvalue weighted by atomic mass is 127. The van der Waals surface area contributed by atoms with E-state index in [2.05, 4.69) is 63.5 Å². The predicted molar refractivity (Wildman–Crippen MR) is 125 cm³/mol. The van der Waals surface area contributed by atoms with Crippen molar-refractivity contribution in [3.63, 3.8) is 0 Å². The topological polar surface area (TPSA) is 53.7 Å². The van der Waals surface area contributed by atoms with Crippen molar-refractivity contribution in [3.05, 3.63) is 71.6 Å². The Kier molecular flexibility index (Phi) is 6.72. The Hall–Kier alpha value is -2.35. The fourth-order valence-electron chi connectivity index (χ4n) is 3.41. The first kappa shape index (κ1) is 20.4. The standard InChI is InChI=1S/C22H24N4O.HI/c1-16-7-9-18(10-8-16)21-25-19(15-27-21)11-13-24-22(23-2)26-14-12-17-5-3-4-6-20(17)26;/h3-10,15H,11-14H2,1-2H3,(H,23,24);1H. The van der Waals surface area contributed by atoms with Crippen molar-refractivity contribution in [3.8, 4) is 11.5 Å². The van der Waals surface area contributed by atoms with Crippen molar-refractivity contribution in [1.29, 1.82) is 0 Å². The minimum atomic E-state index is 0. The first-order valence-corrected chi connectivity index (χ1v) is 9.32. The van der Waals surface area contributed by atoms with Crippen LogP contribution in [0.15, 0.2) is 64.2 Å². The van der Waals surface area contributed by atoms with Crippen LogP contribution in [-0.2, 0) is 12.8 Å². The Morgan fingerprint density at radius 3 is 2.75 bits per heavy atom. The summed E-state index contributed by atoms with van der Waals surface area (Å²) in [7, 11) is 1.83. The average molecular weight is 488 g/mol. The number of nitrogens with one attached hydrogen (secondary N) is 1. The molecule has 1 aromatic heterocycles. The van der Waals surface area contributed by atoms with Crippen LogP contribution in [-0.4, -0.2) is 31.1 Å². The second-order valence-electron chi connectivity index (χ2n) is 6.76. The molecule has 0 fully saturated rings. The van der Waals surface area contributed by atoms with Crippen molar-refractivity contribution in [2.45, 2.75) is 19.8 Å². The molecular weight excluding hydrogens is 463 g/mol. The third kappa shape index (κ3) is 4.38. The van der Waals surface area contributed by atoms with E-state index in [4.69, 9.17) is 4.42 Å². The van der Waals surface area contributed by atoms with E-state index in [-0.39, 0.29) is 24.0 Å². The summed E-state index contributed by atoms with van der Waals surface area (Å²) in [5, 5.41) is 3.45. The number of hydrogen-bond donors (Lipinski definition) is 1. The van der Waals surface area contributed by atoms with Gasteiger partial charge in [-0.3, -0.25) is 4.99 Å². The molecule has 28 heavy (non-hydrogen) atoms. The van der Waals surface area contributed by atoms with Gasteiger partial charge in [0.25, 0.3) is 0 Å². The lowest BCUT2D eigenvalue weighted by atomic mass is 10.1. The van der Waals surface area contributed by atoms with Crippen molar-refractivity contribution < 1.29 is 4.42 Å². The van der Waals surface area contributed by atoms with Gasteiger partial charge in [0.2, 0.25) is 5.89 Å². The zero-order valence-electron chi connectivity index (χ0n) is 16.2. The van der Waals surface area contributed by atoms with Gasteiger partial charge in [-0.25, -0.2) is 4.98 Å². The van der Waals surface area contributed by atoms with Gasteiger partial charge < -0.3 is 14.6 Å². The van der Waals surface area contributed by atoms with Crippen LogP contribution in [0.1, 0.15) is 16.8 Å². The average Bonchev–Trinajstić information content (AvgIpc) is 3.33. The van der Waals surface area contributed by atoms with Gasteiger partial charge in [0.05, 0.1) is 5.69 Å². The lowest BCUT2D eigenvalue weighted by Gasteiger charge is -2.22. The maximum absolute atomic E-state index is 5.64. The van der Waals surface area contributed by atoms with E-state index < -0.39 is 0 Å². The van der Waals surface area contributed by atoms with Crippen LogP contribution >= 0.6 is 24.0 Å². The zero-order chi connectivity index (χ0) is 18.6. The first-order chi connectivity index (χ1) is 13.2. The zero-order valence-corrected chi connectivity index (χ0v) is 18.5. The van der Waals surface area contributed by atoms with Gasteiger partial charge in [-0.15, -0.1) is 24.0 Å². The van der Waals surface area contributed by atoms with Gasteiger partial charge in [-0.1, -0.05) is 35.9 Å². The van der Waals surface area contributed by atoms with Gasteiger partial charge >= 0.3 is 0 Å². The van der Waals surface area contributed by atoms with Crippen LogP contribution in [0, 0.1) is 6.92 Å². The molecule has 5 nitrogen and oxygen atoms in total. The molecule has 0 spiro atoms. The van der Waals surface area contributed by atoms with Gasteiger partial charge in [0.1, 0.15) is 6.26 Å². The third-order valence-electron chi connectivity index (χ3n) is 4.87. The molecule has 6 heteroatoms. The fraction of sp³-hybridized carbons (Fsp3) is 0.273. The highest BCUT2D eigenvalue weighted by Crippen LogP contribution is 2.27. The van der Waals surface area contributed by atoms with Gasteiger partial charge in [0, 0.05) is 37.8 Å². The highest BCUT2D eigenvalue weighted by molar-refractivity contribution is 14.0. The number of fused-ring (bicyclic) bond motifs is 1. The van der Waals surface area contributed by atoms with Crippen LogP contribution in [0.3, 0.4) is 0 Å². The molecule has 146 valence electrons. The summed E-state index contributed by atoms with van der Waals surface area (Å²) in [4.78, 5) is 11.3. The quantitative estimate of drug-likeness (QED) is 0.335. The second-order valence-corrected chi connectivity index (χ2v) is 6.76. The normalized spacial score (nSPS) is 13.2. The van der Waals surface area contributed by atoms with Crippen LogP contribution in [0.5, 0.6) is 0 Å². The SMILES string of the molecule is CN=C(NCCc1coc(-c2ccc(C)cc2)n1)N1CCc2ccccc21.I. The molecule has 0 unspecified atom stereocenters. The Bertz CT molecular complexity index is 949. The molecule has 3 aromatic rings.